The van der Waals surface area contributed by atoms with Crippen molar-refractivity contribution in [1.82, 2.24) is 35.0 Å². The lowest BCUT2D eigenvalue weighted by atomic mass is 10.3. The number of carbonyl (C=O) groups is 1. The summed E-state index contributed by atoms with van der Waals surface area (Å²) in [5, 5.41) is 24.0. The number of tetrazole rings is 1. The van der Waals surface area contributed by atoms with Crippen LogP contribution in [0.2, 0.25) is 0 Å². The van der Waals surface area contributed by atoms with E-state index in [2.05, 4.69) is 25.6 Å². The summed E-state index contributed by atoms with van der Waals surface area (Å²) in [6.07, 6.45) is 3.60. The van der Waals surface area contributed by atoms with Gasteiger partial charge in [0.15, 0.2) is 5.82 Å². The first-order valence-electron chi connectivity index (χ1n) is 5.50. The van der Waals surface area contributed by atoms with Crippen molar-refractivity contribution in [2.75, 3.05) is 0 Å². The number of aliphatic carboxylic acids is 1. The maximum Gasteiger partial charge on any atom is 0.303 e. The second-order valence-electron chi connectivity index (χ2n) is 3.81. The summed E-state index contributed by atoms with van der Waals surface area (Å²) in [6, 6.07) is -0.146. The molecule has 1 N–H and O–H groups in total. The van der Waals surface area contributed by atoms with Crippen molar-refractivity contribution in [3.05, 3.63) is 18.5 Å². The average Bonchev–Trinajstić information content (AvgIpc) is 2.98. The molecule has 96 valence electrons. The van der Waals surface area contributed by atoms with E-state index in [0.29, 0.717) is 18.8 Å². The van der Waals surface area contributed by atoms with E-state index >= 15 is 0 Å². The lowest BCUT2D eigenvalue weighted by Gasteiger charge is -2.10. The number of carboxylic acids is 1. The zero-order chi connectivity index (χ0) is 13.0. The van der Waals surface area contributed by atoms with E-state index in [0.717, 1.165) is 0 Å². The molecule has 0 fully saturated rings. The van der Waals surface area contributed by atoms with Gasteiger partial charge in [0.2, 0.25) is 0 Å². The van der Waals surface area contributed by atoms with Crippen molar-refractivity contribution in [2.24, 2.45) is 0 Å². The third-order valence-electron chi connectivity index (χ3n) is 2.53. The van der Waals surface area contributed by atoms with Crippen LogP contribution >= 0.6 is 0 Å². The van der Waals surface area contributed by atoms with Gasteiger partial charge in [-0.1, -0.05) is 0 Å². The molecular weight excluding hydrogens is 238 g/mol. The average molecular weight is 251 g/mol. The van der Waals surface area contributed by atoms with E-state index in [1.54, 1.807) is 15.7 Å². The van der Waals surface area contributed by atoms with Crippen LogP contribution in [-0.2, 0) is 11.3 Å². The highest BCUT2D eigenvalue weighted by molar-refractivity contribution is 5.66. The molecule has 0 saturated heterocycles. The number of nitrogens with zero attached hydrogens (tertiary/aromatic N) is 7. The first-order chi connectivity index (χ1) is 8.68. The van der Waals surface area contributed by atoms with Gasteiger partial charge < -0.3 is 5.11 Å². The van der Waals surface area contributed by atoms with Gasteiger partial charge in [0.1, 0.15) is 18.7 Å². The zero-order valence-corrected chi connectivity index (χ0v) is 9.84. The normalized spacial score (nSPS) is 12.5. The van der Waals surface area contributed by atoms with Crippen molar-refractivity contribution in [1.29, 1.82) is 0 Å². The smallest absolute Gasteiger partial charge is 0.303 e. The first-order valence-corrected chi connectivity index (χ1v) is 5.50. The van der Waals surface area contributed by atoms with Gasteiger partial charge in [-0.3, -0.25) is 4.79 Å². The summed E-state index contributed by atoms with van der Waals surface area (Å²) >= 11 is 0. The third-order valence-corrected chi connectivity index (χ3v) is 2.53. The Morgan fingerprint density at radius 2 is 2.39 bits per heavy atom. The number of carboxylic acid groups (broad SMARTS) is 1. The van der Waals surface area contributed by atoms with Crippen LogP contribution in [-0.4, -0.2) is 46.0 Å². The Labute approximate surface area is 102 Å². The maximum atomic E-state index is 10.5. The second-order valence-corrected chi connectivity index (χ2v) is 3.81. The van der Waals surface area contributed by atoms with Gasteiger partial charge in [0, 0.05) is 13.0 Å². The predicted molar refractivity (Wildman–Crippen MR) is 58.5 cm³/mol. The van der Waals surface area contributed by atoms with Crippen LogP contribution in [0, 0.1) is 0 Å². The zero-order valence-electron chi connectivity index (χ0n) is 9.84. The second kappa shape index (κ2) is 5.34. The topological polar surface area (TPSA) is 112 Å². The highest BCUT2D eigenvalue weighted by Gasteiger charge is 2.16. The summed E-state index contributed by atoms with van der Waals surface area (Å²) in [5.41, 5.74) is 0. The van der Waals surface area contributed by atoms with E-state index in [-0.39, 0.29) is 12.5 Å². The minimum absolute atomic E-state index is 0.0943. The van der Waals surface area contributed by atoms with Crippen LogP contribution in [0.5, 0.6) is 0 Å². The number of hydrogen-bond donors (Lipinski definition) is 1. The van der Waals surface area contributed by atoms with Gasteiger partial charge >= 0.3 is 5.97 Å². The fourth-order valence-corrected chi connectivity index (χ4v) is 1.59. The molecule has 9 nitrogen and oxygen atoms in total. The Bertz CT molecular complexity index is 507. The number of hydrogen-bond acceptors (Lipinski definition) is 6. The highest BCUT2D eigenvalue weighted by atomic mass is 16.4. The van der Waals surface area contributed by atoms with Crippen LogP contribution < -0.4 is 0 Å². The molecule has 0 spiro atoms. The molecule has 0 amide bonds. The summed E-state index contributed by atoms with van der Waals surface area (Å²) in [5.74, 6) is -0.195. The molecule has 0 aromatic carbocycles. The molecule has 0 aliphatic carbocycles. The monoisotopic (exact) mass is 251 g/mol. The Balaban J connectivity index is 2.05. The van der Waals surface area contributed by atoms with Gasteiger partial charge in [0.25, 0.3) is 0 Å². The Morgan fingerprint density at radius 1 is 1.56 bits per heavy atom. The standard InChI is InChI=1S/C9H13N7O2/c1-7(16-6-10-5-11-16)9-12-13-14-15(9)4-2-3-8(17)18/h5-7H,2-4H2,1H3,(H,17,18). The van der Waals surface area contributed by atoms with Gasteiger partial charge in [-0.25, -0.2) is 14.3 Å². The number of rotatable bonds is 6. The van der Waals surface area contributed by atoms with Crippen LogP contribution in [0.25, 0.3) is 0 Å². The quantitative estimate of drug-likeness (QED) is 0.752. The molecule has 0 bridgehead atoms. The molecule has 9 heteroatoms. The molecule has 1 unspecified atom stereocenters. The Kier molecular flexibility index (Phi) is 3.60. The Morgan fingerprint density at radius 3 is 3.06 bits per heavy atom. The fourth-order valence-electron chi connectivity index (χ4n) is 1.59. The summed E-state index contributed by atoms with van der Waals surface area (Å²) in [6.45, 7) is 2.36. The molecule has 2 aromatic heterocycles. The van der Waals surface area contributed by atoms with Crippen molar-refractivity contribution in [3.63, 3.8) is 0 Å². The molecular formula is C9H13N7O2. The minimum Gasteiger partial charge on any atom is -0.481 e. The molecule has 18 heavy (non-hydrogen) atoms. The lowest BCUT2D eigenvalue weighted by Crippen LogP contribution is -2.15. The largest absolute Gasteiger partial charge is 0.481 e. The van der Waals surface area contributed by atoms with Gasteiger partial charge in [-0.15, -0.1) is 5.10 Å². The van der Waals surface area contributed by atoms with Crippen molar-refractivity contribution >= 4 is 5.97 Å². The van der Waals surface area contributed by atoms with Crippen LogP contribution in [0.3, 0.4) is 0 Å². The number of aromatic nitrogens is 7. The van der Waals surface area contributed by atoms with Gasteiger partial charge in [-0.2, -0.15) is 5.10 Å². The SMILES string of the molecule is CC(c1nnnn1CCCC(=O)O)n1cncn1. The number of aryl methyl sites for hydroxylation is 1. The third kappa shape index (κ3) is 2.67. The predicted octanol–water partition coefficient (Wildman–Crippen LogP) is -0.261. The van der Waals surface area contributed by atoms with Gasteiger partial charge in [-0.05, 0) is 23.8 Å². The molecule has 2 rings (SSSR count). The summed E-state index contributed by atoms with van der Waals surface area (Å²) < 4.78 is 3.23. The van der Waals surface area contributed by atoms with E-state index in [9.17, 15) is 4.79 Å². The van der Waals surface area contributed by atoms with Crippen LogP contribution in [0.4, 0.5) is 0 Å². The Hall–Kier alpha value is -2.32. The fraction of sp³-hybridized carbons (Fsp3) is 0.556. The summed E-state index contributed by atoms with van der Waals surface area (Å²) in [7, 11) is 0. The molecule has 1 atom stereocenters. The lowest BCUT2D eigenvalue weighted by molar-refractivity contribution is -0.137. The minimum atomic E-state index is -0.825. The summed E-state index contributed by atoms with van der Waals surface area (Å²) in [4.78, 5) is 14.3. The first kappa shape index (κ1) is 12.1. The van der Waals surface area contributed by atoms with Crippen LogP contribution in [0.15, 0.2) is 12.7 Å². The van der Waals surface area contributed by atoms with E-state index in [1.807, 2.05) is 6.92 Å². The molecule has 2 heterocycles. The highest BCUT2D eigenvalue weighted by Crippen LogP contribution is 2.12. The molecule has 0 saturated carbocycles. The maximum absolute atomic E-state index is 10.5. The molecule has 0 aliphatic rings. The van der Waals surface area contributed by atoms with E-state index in [1.165, 1.54) is 6.33 Å². The van der Waals surface area contributed by atoms with Gasteiger partial charge in [0.05, 0.1) is 0 Å². The van der Waals surface area contributed by atoms with Crippen molar-refractivity contribution in [3.8, 4) is 0 Å². The van der Waals surface area contributed by atoms with E-state index < -0.39 is 5.97 Å². The molecule has 0 aliphatic heterocycles. The van der Waals surface area contributed by atoms with Crippen molar-refractivity contribution in [2.45, 2.75) is 32.4 Å². The van der Waals surface area contributed by atoms with E-state index in [4.69, 9.17) is 5.11 Å². The van der Waals surface area contributed by atoms with Crippen LogP contribution in [0.1, 0.15) is 31.6 Å². The van der Waals surface area contributed by atoms with Crippen molar-refractivity contribution < 1.29 is 9.90 Å². The molecule has 0 radical (unpaired) electrons. The molecule has 2 aromatic rings.